The number of Topliss-reactive ketones (excluding diaryl/α,β-unsaturated/α-hetero) is 2. The molecule has 2 nitrogen and oxygen atoms in total. The average Bonchev–Trinajstić information content (AvgIpc) is 2.93. The quantitative estimate of drug-likeness (QED) is 0.146. The molecule has 0 aromatic heterocycles. The van der Waals surface area contributed by atoms with Crippen LogP contribution < -0.4 is 0 Å². The first kappa shape index (κ1) is 28.2. The Labute approximate surface area is 244 Å². The lowest BCUT2D eigenvalue weighted by molar-refractivity contribution is 0.103. The number of rotatable bonds is 6. The van der Waals surface area contributed by atoms with Crippen molar-refractivity contribution in [2.45, 2.75) is 0 Å². The molecule has 0 bridgehead atoms. The molecule has 0 amide bonds. The first-order valence-electron chi connectivity index (χ1n) is 10.8. The number of carbonyl (C=O) groups is 2. The Morgan fingerprint density at radius 1 is 0.556 bits per heavy atom. The van der Waals surface area contributed by atoms with E-state index in [1.54, 1.807) is 18.2 Å². The van der Waals surface area contributed by atoms with Crippen LogP contribution in [0.1, 0.15) is 31.8 Å². The zero-order chi connectivity index (χ0) is 25.9. The summed E-state index contributed by atoms with van der Waals surface area (Å²) >= 11 is 13.5. The summed E-state index contributed by atoms with van der Waals surface area (Å²) in [5.41, 5.74) is 3.27. The lowest BCUT2D eigenvalue weighted by atomic mass is 10.1. The minimum atomic E-state index is -0.0358. The van der Waals surface area contributed by atoms with Gasteiger partial charge >= 0.3 is 0 Å². The molecule has 0 saturated heterocycles. The molecular formula is C30H20Br4O2. The molecule has 0 saturated carbocycles. The second kappa shape index (κ2) is 14.4. The van der Waals surface area contributed by atoms with Gasteiger partial charge in [-0.25, -0.2) is 0 Å². The summed E-state index contributed by atoms with van der Waals surface area (Å²) in [6.07, 6.45) is 1.82. The molecule has 0 radical (unpaired) electrons. The number of allylic oxidation sites excluding steroid dienone is 2. The standard InChI is InChI=1S/2C15H10Br2O/c16-13(11-7-3-1-4-8-11)14(17)15(18)12-9-5-2-6-10-12;16-13-9-5-4-8-12(13)15(18)14(17)10-11-6-2-1-3-7-11/h2*1-10H. The van der Waals surface area contributed by atoms with Crippen molar-refractivity contribution in [1.29, 1.82) is 0 Å². The van der Waals surface area contributed by atoms with E-state index in [0.717, 1.165) is 20.1 Å². The molecule has 0 heterocycles. The summed E-state index contributed by atoms with van der Waals surface area (Å²) in [5, 5.41) is 0. The minimum absolute atomic E-state index is 0.0358. The SMILES string of the molecule is O=C(C(Br)=C(Br)c1ccccc1)c1ccccc1.O=C(C(Br)=Cc1ccccc1)c1ccccc1Br. The summed E-state index contributed by atoms with van der Waals surface area (Å²) in [7, 11) is 0. The highest BCUT2D eigenvalue weighted by Crippen LogP contribution is 2.30. The van der Waals surface area contributed by atoms with Crippen LogP contribution in [0.25, 0.3) is 10.6 Å². The topological polar surface area (TPSA) is 34.1 Å². The summed E-state index contributed by atoms with van der Waals surface area (Å²) in [4.78, 5) is 24.4. The van der Waals surface area contributed by atoms with Crippen molar-refractivity contribution in [2.24, 2.45) is 0 Å². The van der Waals surface area contributed by atoms with Crippen LogP contribution in [0.2, 0.25) is 0 Å². The molecular weight excluding hydrogens is 712 g/mol. The van der Waals surface area contributed by atoms with Gasteiger partial charge in [0.15, 0.2) is 0 Å². The third-order valence-corrected chi connectivity index (χ3v) is 8.31. The van der Waals surface area contributed by atoms with Crippen molar-refractivity contribution in [3.05, 3.63) is 151 Å². The molecule has 36 heavy (non-hydrogen) atoms. The fourth-order valence-electron chi connectivity index (χ4n) is 3.06. The molecule has 0 aliphatic rings. The normalized spacial score (nSPS) is 11.6. The maximum Gasteiger partial charge on any atom is 0.201 e. The van der Waals surface area contributed by atoms with Crippen molar-refractivity contribution >= 4 is 85.8 Å². The predicted octanol–water partition coefficient (Wildman–Crippen LogP) is 10.1. The second-order valence-electron chi connectivity index (χ2n) is 7.40. The molecule has 0 aliphatic heterocycles. The number of carbonyl (C=O) groups excluding carboxylic acids is 2. The van der Waals surface area contributed by atoms with Gasteiger partial charge in [0.2, 0.25) is 11.6 Å². The zero-order valence-corrected chi connectivity index (χ0v) is 25.2. The van der Waals surface area contributed by atoms with E-state index in [-0.39, 0.29) is 11.6 Å². The third kappa shape index (κ3) is 8.07. The van der Waals surface area contributed by atoms with Crippen molar-refractivity contribution in [3.8, 4) is 0 Å². The largest absolute Gasteiger partial charge is 0.288 e. The van der Waals surface area contributed by atoms with Gasteiger partial charge in [0.1, 0.15) is 0 Å². The van der Waals surface area contributed by atoms with Gasteiger partial charge in [0.25, 0.3) is 0 Å². The van der Waals surface area contributed by atoms with Gasteiger partial charge in [-0.2, -0.15) is 0 Å². The van der Waals surface area contributed by atoms with E-state index < -0.39 is 0 Å². The van der Waals surface area contributed by atoms with Crippen molar-refractivity contribution in [1.82, 2.24) is 0 Å². The fourth-order valence-corrected chi connectivity index (χ4v) is 4.91. The van der Waals surface area contributed by atoms with Gasteiger partial charge in [-0.05, 0) is 77.1 Å². The molecule has 0 spiro atoms. The molecule has 6 heteroatoms. The highest BCUT2D eigenvalue weighted by Gasteiger charge is 2.14. The summed E-state index contributed by atoms with van der Waals surface area (Å²) in [5.74, 6) is -0.0716. The van der Waals surface area contributed by atoms with Crippen molar-refractivity contribution in [3.63, 3.8) is 0 Å². The number of hydrogen-bond donors (Lipinski definition) is 0. The number of halogens is 4. The number of benzene rings is 4. The Kier molecular flexibility index (Phi) is 11.3. The molecule has 0 aliphatic carbocycles. The lowest BCUT2D eigenvalue weighted by Crippen LogP contribution is -1.99. The van der Waals surface area contributed by atoms with E-state index in [1.165, 1.54) is 0 Å². The van der Waals surface area contributed by atoms with E-state index in [2.05, 4.69) is 63.7 Å². The van der Waals surface area contributed by atoms with Crippen LogP contribution in [0.5, 0.6) is 0 Å². The fraction of sp³-hybridized carbons (Fsp3) is 0. The Hall–Kier alpha value is -2.38. The molecule has 0 N–H and O–H groups in total. The molecule has 0 unspecified atom stereocenters. The minimum Gasteiger partial charge on any atom is -0.288 e. The number of ketones is 2. The van der Waals surface area contributed by atoms with Gasteiger partial charge in [-0.15, -0.1) is 0 Å². The monoisotopic (exact) mass is 728 g/mol. The maximum atomic E-state index is 12.2. The lowest BCUT2D eigenvalue weighted by Gasteiger charge is -2.04. The smallest absolute Gasteiger partial charge is 0.201 e. The Morgan fingerprint density at radius 3 is 1.58 bits per heavy atom. The zero-order valence-electron chi connectivity index (χ0n) is 18.9. The van der Waals surface area contributed by atoms with Crippen LogP contribution in [0.15, 0.2) is 129 Å². The number of hydrogen-bond acceptors (Lipinski definition) is 2. The van der Waals surface area contributed by atoms with Crippen LogP contribution in [0.4, 0.5) is 0 Å². The van der Waals surface area contributed by atoms with E-state index in [0.29, 0.717) is 20.1 Å². The van der Waals surface area contributed by atoms with Gasteiger partial charge in [-0.3, -0.25) is 9.59 Å². The molecule has 4 rings (SSSR count). The Morgan fingerprint density at radius 2 is 1.03 bits per heavy atom. The molecule has 0 atom stereocenters. The third-order valence-electron chi connectivity index (χ3n) is 4.88. The highest BCUT2D eigenvalue weighted by atomic mass is 79.9. The van der Waals surface area contributed by atoms with Crippen LogP contribution in [0, 0.1) is 0 Å². The van der Waals surface area contributed by atoms with E-state index in [1.807, 2.05) is 103 Å². The van der Waals surface area contributed by atoms with Gasteiger partial charge < -0.3 is 0 Å². The van der Waals surface area contributed by atoms with Crippen molar-refractivity contribution in [2.75, 3.05) is 0 Å². The Balaban J connectivity index is 0.000000201. The van der Waals surface area contributed by atoms with Gasteiger partial charge in [-0.1, -0.05) is 119 Å². The summed E-state index contributed by atoms with van der Waals surface area (Å²) < 4.78 is 2.63. The van der Waals surface area contributed by atoms with Crippen molar-refractivity contribution < 1.29 is 9.59 Å². The molecule has 0 fully saturated rings. The van der Waals surface area contributed by atoms with E-state index in [9.17, 15) is 9.59 Å². The average molecular weight is 732 g/mol. The van der Waals surface area contributed by atoms with Gasteiger partial charge in [0, 0.05) is 20.1 Å². The Bertz CT molecular complexity index is 1380. The highest BCUT2D eigenvalue weighted by molar-refractivity contribution is 9.16. The molecule has 4 aromatic rings. The summed E-state index contributed by atoms with van der Waals surface area (Å²) in [6, 6.07) is 36.0. The molecule has 4 aromatic carbocycles. The molecule has 180 valence electrons. The summed E-state index contributed by atoms with van der Waals surface area (Å²) in [6.45, 7) is 0. The van der Waals surface area contributed by atoms with Crippen LogP contribution >= 0.6 is 63.7 Å². The van der Waals surface area contributed by atoms with Crippen LogP contribution in [-0.4, -0.2) is 11.6 Å². The van der Waals surface area contributed by atoms with Crippen LogP contribution in [0.3, 0.4) is 0 Å². The van der Waals surface area contributed by atoms with E-state index >= 15 is 0 Å². The van der Waals surface area contributed by atoms with E-state index in [4.69, 9.17) is 0 Å². The maximum absolute atomic E-state index is 12.2. The first-order valence-corrected chi connectivity index (χ1v) is 14.0. The first-order chi connectivity index (χ1) is 17.4. The predicted molar refractivity (Wildman–Crippen MR) is 164 cm³/mol. The van der Waals surface area contributed by atoms with Crippen LogP contribution in [-0.2, 0) is 0 Å². The van der Waals surface area contributed by atoms with Gasteiger partial charge in [0.05, 0.1) is 8.96 Å². The second-order valence-corrected chi connectivity index (χ2v) is 10.7.